The van der Waals surface area contributed by atoms with Gasteiger partial charge in [-0.25, -0.2) is 0 Å². The molecular formula is C25H30N2O3. The second kappa shape index (κ2) is 8.60. The Hall–Kier alpha value is -2.66. The number of carbonyl (C=O) groups excluding carboxylic acids is 1. The lowest BCUT2D eigenvalue weighted by Gasteiger charge is -2.37. The molecule has 5 heteroatoms. The van der Waals surface area contributed by atoms with E-state index in [2.05, 4.69) is 54.7 Å². The number of anilines is 1. The normalized spacial score (nSPS) is 20.4. The van der Waals surface area contributed by atoms with Gasteiger partial charge in [0.15, 0.2) is 0 Å². The number of carbonyl (C=O) groups is 1. The van der Waals surface area contributed by atoms with Crippen LogP contribution in [0.25, 0.3) is 0 Å². The van der Waals surface area contributed by atoms with Crippen molar-refractivity contribution in [3.8, 4) is 0 Å². The molecule has 5 nitrogen and oxygen atoms in total. The largest absolute Gasteiger partial charge is 0.392 e. The third-order valence-electron chi connectivity index (χ3n) is 6.30. The number of ether oxygens (including phenoxy) is 1. The summed E-state index contributed by atoms with van der Waals surface area (Å²) in [5, 5.41) is 7.52. The van der Waals surface area contributed by atoms with E-state index in [9.17, 15) is 4.79 Å². The number of benzene rings is 2. The number of rotatable bonds is 5. The molecule has 0 bridgehead atoms. The van der Waals surface area contributed by atoms with Crippen LogP contribution in [0.2, 0.25) is 0 Å². The van der Waals surface area contributed by atoms with Crippen LogP contribution in [0.15, 0.2) is 47.6 Å². The zero-order valence-corrected chi connectivity index (χ0v) is 18.0. The van der Waals surface area contributed by atoms with Crippen molar-refractivity contribution in [2.24, 2.45) is 10.6 Å². The smallest absolute Gasteiger partial charge is 0.230 e. The van der Waals surface area contributed by atoms with E-state index in [1.54, 1.807) is 0 Å². The summed E-state index contributed by atoms with van der Waals surface area (Å²) in [5.74, 6) is 0.0603. The van der Waals surface area contributed by atoms with Gasteiger partial charge in [0.1, 0.15) is 6.10 Å². The molecule has 0 radical (unpaired) electrons. The lowest BCUT2D eigenvalue weighted by Crippen LogP contribution is -2.43. The Labute approximate surface area is 178 Å². The van der Waals surface area contributed by atoms with Crippen molar-refractivity contribution in [2.75, 3.05) is 18.5 Å². The molecule has 4 rings (SSSR count). The summed E-state index contributed by atoms with van der Waals surface area (Å²) < 4.78 is 5.58. The van der Waals surface area contributed by atoms with Crippen LogP contribution in [0.3, 0.4) is 0 Å². The first-order valence-corrected chi connectivity index (χ1v) is 10.7. The second-order valence-electron chi connectivity index (χ2n) is 8.70. The number of oxime groups is 1. The number of aryl methyl sites for hydroxylation is 3. The van der Waals surface area contributed by atoms with Gasteiger partial charge in [0, 0.05) is 31.7 Å². The Morgan fingerprint density at radius 2 is 1.77 bits per heavy atom. The van der Waals surface area contributed by atoms with Crippen LogP contribution in [-0.4, -0.2) is 30.9 Å². The molecule has 2 aromatic rings. The first-order chi connectivity index (χ1) is 14.4. The Morgan fingerprint density at radius 1 is 1.07 bits per heavy atom. The predicted molar refractivity (Wildman–Crippen MR) is 119 cm³/mol. The first-order valence-electron chi connectivity index (χ1n) is 10.7. The topological polar surface area (TPSA) is 59.9 Å². The predicted octanol–water partition coefficient (Wildman–Crippen LogP) is 4.93. The Kier molecular flexibility index (Phi) is 5.91. The van der Waals surface area contributed by atoms with Crippen molar-refractivity contribution < 1.29 is 14.4 Å². The van der Waals surface area contributed by atoms with Gasteiger partial charge >= 0.3 is 0 Å². The number of nitrogens with zero attached hydrogens (tertiary/aromatic N) is 1. The average Bonchev–Trinajstić information content (AvgIpc) is 3.19. The van der Waals surface area contributed by atoms with E-state index in [-0.39, 0.29) is 12.0 Å². The molecule has 1 amide bonds. The molecule has 2 aromatic carbocycles. The van der Waals surface area contributed by atoms with Gasteiger partial charge in [0.2, 0.25) is 5.91 Å². The van der Waals surface area contributed by atoms with E-state index in [4.69, 9.17) is 9.57 Å². The first kappa shape index (κ1) is 20.6. The Morgan fingerprint density at radius 3 is 2.47 bits per heavy atom. The van der Waals surface area contributed by atoms with Crippen LogP contribution in [-0.2, 0) is 14.4 Å². The molecule has 0 spiro atoms. The van der Waals surface area contributed by atoms with E-state index in [1.807, 2.05) is 19.1 Å². The van der Waals surface area contributed by atoms with E-state index < -0.39 is 5.41 Å². The molecule has 0 aliphatic carbocycles. The minimum atomic E-state index is -0.501. The summed E-state index contributed by atoms with van der Waals surface area (Å²) in [6.45, 7) is 7.35. The fourth-order valence-corrected chi connectivity index (χ4v) is 4.38. The summed E-state index contributed by atoms with van der Waals surface area (Å²) in [6, 6.07) is 14.4. The molecule has 30 heavy (non-hydrogen) atoms. The monoisotopic (exact) mass is 406 g/mol. The van der Waals surface area contributed by atoms with Gasteiger partial charge in [-0.2, -0.15) is 0 Å². The lowest BCUT2D eigenvalue weighted by atomic mass is 9.74. The van der Waals surface area contributed by atoms with Crippen molar-refractivity contribution >= 4 is 17.3 Å². The SMILES string of the molecule is Cc1ccc(C2=NO[C@@H](CC3(C(=O)Nc4ccc(C)cc4C)CCOCC3)C2)cc1. The van der Waals surface area contributed by atoms with Crippen molar-refractivity contribution in [3.05, 3.63) is 64.7 Å². The van der Waals surface area contributed by atoms with Crippen LogP contribution in [0.4, 0.5) is 5.69 Å². The fraction of sp³-hybridized carbons (Fsp3) is 0.440. The van der Waals surface area contributed by atoms with E-state index in [1.165, 1.54) is 11.1 Å². The number of amides is 1. The van der Waals surface area contributed by atoms with Gasteiger partial charge in [-0.05, 0) is 50.8 Å². The average molecular weight is 407 g/mol. The Balaban J connectivity index is 1.47. The van der Waals surface area contributed by atoms with Gasteiger partial charge < -0.3 is 14.9 Å². The third-order valence-corrected chi connectivity index (χ3v) is 6.30. The molecule has 2 aliphatic rings. The minimum absolute atomic E-state index is 0.0603. The summed E-state index contributed by atoms with van der Waals surface area (Å²) in [7, 11) is 0. The minimum Gasteiger partial charge on any atom is -0.392 e. The third kappa shape index (κ3) is 4.41. The van der Waals surface area contributed by atoms with Gasteiger partial charge in [-0.15, -0.1) is 0 Å². The summed E-state index contributed by atoms with van der Waals surface area (Å²) >= 11 is 0. The van der Waals surface area contributed by atoms with Crippen LogP contribution in [0.5, 0.6) is 0 Å². The van der Waals surface area contributed by atoms with Gasteiger partial charge in [-0.3, -0.25) is 4.79 Å². The van der Waals surface area contributed by atoms with Gasteiger partial charge in [0.05, 0.1) is 11.1 Å². The lowest BCUT2D eigenvalue weighted by molar-refractivity contribution is -0.134. The zero-order chi connectivity index (χ0) is 21.1. The molecule has 158 valence electrons. The highest BCUT2D eigenvalue weighted by atomic mass is 16.6. The van der Waals surface area contributed by atoms with Gasteiger partial charge in [0.25, 0.3) is 0 Å². The van der Waals surface area contributed by atoms with Crippen LogP contribution in [0.1, 0.15) is 47.9 Å². The van der Waals surface area contributed by atoms with Crippen molar-refractivity contribution in [3.63, 3.8) is 0 Å². The van der Waals surface area contributed by atoms with E-state index in [0.717, 1.165) is 28.9 Å². The molecular weight excluding hydrogens is 376 g/mol. The maximum atomic E-state index is 13.4. The molecule has 1 atom stereocenters. The highest BCUT2D eigenvalue weighted by Gasteiger charge is 2.43. The molecule has 0 saturated carbocycles. The summed E-state index contributed by atoms with van der Waals surface area (Å²) in [6.07, 6.45) is 2.67. The maximum Gasteiger partial charge on any atom is 0.230 e. The standard InChI is InChI=1S/C25H30N2O3/c1-17-4-7-20(8-5-17)23-15-21(30-27-23)16-25(10-12-29-13-11-25)24(28)26-22-9-6-18(2)14-19(22)3/h4-9,14,21H,10-13,15-16H2,1-3H3,(H,26,28)/t21-/m1/s1. The van der Waals surface area contributed by atoms with Gasteiger partial charge in [-0.1, -0.05) is 52.7 Å². The van der Waals surface area contributed by atoms with Crippen molar-refractivity contribution in [1.82, 2.24) is 0 Å². The Bertz CT molecular complexity index is 943. The van der Waals surface area contributed by atoms with Crippen LogP contribution < -0.4 is 5.32 Å². The number of nitrogens with one attached hydrogen (secondary N) is 1. The number of hydrogen-bond acceptors (Lipinski definition) is 4. The fourth-order valence-electron chi connectivity index (χ4n) is 4.38. The van der Waals surface area contributed by atoms with E-state index in [0.29, 0.717) is 32.5 Å². The summed E-state index contributed by atoms with van der Waals surface area (Å²) in [5.41, 5.74) is 5.90. The van der Waals surface area contributed by atoms with E-state index >= 15 is 0 Å². The highest BCUT2D eigenvalue weighted by molar-refractivity contribution is 6.01. The molecule has 2 heterocycles. The molecule has 1 N–H and O–H groups in total. The maximum absolute atomic E-state index is 13.4. The zero-order valence-electron chi connectivity index (χ0n) is 18.0. The quantitative estimate of drug-likeness (QED) is 0.766. The highest BCUT2D eigenvalue weighted by Crippen LogP contribution is 2.39. The molecule has 0 aromatic heterocycles. The van der Waals surface area contributed by atoms with Crippen molar-refractivity contribution in [2.45, 2.75) is 52.6 Å². The molecule has 0 unspecified atom stereocenters. The van der Waals surface area contributed by atoms with Crippen LogP contribution >= 0.6 is 0 Å². The summed E-state index contributed by atoms with van der Waals surface area (Å²) in [4.78, 5) is 19.2. The van der Waals surface area contributed by atoms with Crippen LogP contribution in [0, 0.1) is 26.2 Å². The number of hydrogen-bond donors (Lipinski definition) is 1. The molecule has 2 aliphatic heterocycles. The second-order valence-corrected chi connectivity index (χ2v) is 8.70. The van der Waals surface area contributed by atoms with Crippen molar-refractivity contribution in [1.29, 1.82) is 0 Å². The molecule has 1 fully saturated rings. The molecule has 1 saturated heterocycles.